The highest BCUT2D eigenvalue weighted by molar-refractivity contribution is 5.81. The lowest BCUT2D eigenvalue weighted by atomic mass is 10.0. The SMILES string of the molecule is O=C(O[C@H]1CCCN(Cc2ccccn2)C1)[C@@H]1CCCCN1c1nc2ccccc2o1. The fourth-order valence-electron chi connectivity index (χ4n) is 4.60. The van der Waals surface area contributed by atoms with Gasteiger partial charge >= 0.3 is 5.97 Å². The number of carbonyl (C=O) groups excluding carboxylic acids is 1. The first kappa shape index (κ1) is 20.0. The Bertz CT molecular complexity index is 989. The quantitative estimate of drug-likeness (QED) is 0.582. The van der Waals surface area contributed by atoms with E-state index in [0.717, 1.165) is 75.1 Å². The summed E-state index contributed by atoms with van der Waals surface area (Å²) in [5, 5.41) is 0. The molecule has 0 unspecified atom stereocenters. The number of esters is 1. The molecular formula is C24H28N4O3. The highest BCUT2D eigenvalue weighted by Crippen LogP contribution is 2.29. The first-order chi connectivity index (χ1) is 15.3. The number of oxazole rings is 1. The van der Waals surface area contributed by atoms with Crippen molar-refractivity contribution in [3.63, 3.8) is 0 Å². The second-order valence-electron chi connectivity index (χ2n) is 8.43. The minimum Gasteiger partial charge on any atom is -0.459 e. The largest absolute Gasteiger partial charge is 0.459 e. The number of likely N-dealkylation sites (tertiary alicyclic amines) is 1. The van der Waals surface area contributed by atoms with Crippen molar-refractivity contribution in [1.29, 1.82) is 0 Å². The van der Waals surface area contributed by atoms with E-state index >= 15 is 0 Å². The van der Waals surface area contributed by atoms with Crippen molar-refractivity contribution in [2.75, 3.05) is 24.5 Å². The first-order valence-electron chi connectivity index (χ1n) is 11.2. The molecule has 7 heteroatoms. The minimum atomic E-state index is -0.340. The lowest BCUT2D eigenvalue weighted by molar-refractivity contribution is -0.154. The van der Waals surface area contributed by atoms with Gasteiger partial charge in [0.25, 0.3) is 6.01 Å². The zero-order valence-corrected chi connectivity index (χ0v) is 17.7. The number of hydrogen-bond acceptors (Lipinski definition) is 7. The third kappa shape index (κ3) is 4.56. The van der Waals surface area contributed by atoms with E-state index < -0.39 is 0 Å². The van der Waals surface area contributed by atoms with E-state index in [1.165, 1.54) is 0 Å². The Hall–Kier alpha value is -2.93. The van der Waals surface area contributed by atoms with Crippen molar-refractivity contribution in [2.24, 2.45) is 0 Å². The maximum Gasteiger partial charge on any atom is 0.329 e. The first-order valence-corrected chi connectivity index (χ1v) is 11.2. The molecule has 0 saturated carbocycles. The van der Waals surface area contributed by atoms with E-state index in [4.69, 9.17) is 9.15 Å². The van der Waals surface area contributed by atoms with E-state index in [-0.39, 0.29) is 18.1 Å². The van der Waals surface area contributed by atoms with E-state index in [9.17, 15) is 4.79 Å². The van der Waals surface area contributed by atoms with Gasteiger partial charge < -0.3 is 14.1 Å². The van der Waals surface area contributed by atoms with Crippen molar-refractivity contribution in [1.82, 2.24) is 14.9 Å². The van der Waals surface area contributed by atoms with Crippen LogP contribution < -0.4 is 4.90 Å². The molecule has 0 radical (unpaired) electrons. The number of rotatable bonds is 5. The fraction of sp³-hybridized carbons (Fsp3) is 0.458. The average molecular weight is 421 g/mol. The summed E-state index contributed by atoms with van der Waals surface area (Å²) in [6.07, 6.45) is 6.45. The molecular weight excluding hydrogens is 392 g/mol. The predicted molar refractivity (Wildman–Crippen MR) is 118 cm³/mol. The van der Waals surface area contributed by atoms with Crippen LogP contribution in [0.1, 0.15) is 37.8 Å². The van der Waals surface area contributed by atoms with Crippen molar-refractivity contribution in [2.45, 2.75) is 50.8 Å². The highest BCUT2D eigenvalue weighted by Gasteiger charge is 2.35. The summed E-state index contributed by atoms with van der Waals surface area (Å²) in [5.74, 6) is -0.161. The average Bonchev–Trinajstić information content (AvgIpc) is 3.24. The second kappa shape index (κ2) is 9.06. The van der Waals surface area contributed by atoms with Gasteiger partial charge in [-0.15, -0.1) is 0 Å². The molecule has 2 aliphatic rings. The molecule has 2 fully saturated rings. The number of pyridine rings is 1. The summed E-state index contributed by atoms with van der Waals surface area (Å²) in [5.41, 5.74) is 2.60. The van der Waals surface area contributed by atoms with Gasteiger partial charge in [0.15, 0.2) is 5.58 Å². The number of nitrogens with zero attached hydrogens (tertiary/aromatic N) is 4. The number of fused-ring (bicyclic) bond motifs is 1. The van der Waals surface area contributed by atoms with Gasteiger partial charge in [0.2, 0.25) is 0 Å². The number of ether oxygens (including phenoxy) is 1. The van der Waals surface area contributed by atoms with Gasteiger partial charge in [-0.3, -0.25) is 9.88 Å². The van der Waals surface area contributed by atoms with Crippen molar-refractivity contribution >= 4 is 23.1 Å². The molecule has 1 aromatic carbocycles. The van der Waals surface area contributed by atoms with Crippen LogP contribution in [0.15, 0.2) is 53.1 Å². The lowest BCUT2D eigenvalue weighted by Crippen LogP contribution is -2.48. The van der Waals surface area contributed by atoms with E-state index in [2.05, 4.69) is 14.9 Å². The summed E-state index contributed by atoms with van der Waals surface area (Å²) < 4.78 is 12.0. The summed E-state index contributed by atoms with van der Waals surface area (Å²) in [6.45, 7) is 3.29. The lowest BCUT2D eigenvalue weighted by Gasteiger charge is -2.36. The second-order valence-corrected chi connectivity index (χ2v) is 8.43. The van der Waals surface area contributed by atoms with Gasteiger partial charge in [-0.2, -0.15) is 4.98 Å². The van der Waals surface area contributed by atoms with E-state index in [1.807, 2.05) is 53.6 Å². The Labute approximate surface area is 182 Å². The molecule has 0 bridgehead atoms. The van der Waals surface area contributed by atoms with Crippen LogP contribution in [0.4, 0.5) is 6.01 Å². The molecule has 4 heterocycles. The Morgan fingerprint density at radius 1 is 1.06 bits per heavy atom. The summed E-state index contributed by atoms with van der Waals surface area (Å²) in [4.78, 5) is 26.5. The molecule has 162 valence electrons. The van der Waals surface area contributed by atoms with Gasteiger partial charge in [0, 0.05) is 25.8 Å². The predicted octanol–water partition coefficient (Wildman–Crippen LogP) is 3.79. The number of para-hydroxylation sites is 2. The minimum absolute atomic E-state index is 0.0858. The van der Waals surface area contributed by atoms with Crippen molar-refractivity contribution in [3.8, 4) is 0 Å². The van der Waals surface area contributed by atoms with Gasteiger partial charge in [-0.25, -0.2) is 4.79 Å². The number of carbonyl (C=O) groups is 1. The van der Waals surface area contributed by atoms with E-state index in [0.29, 0.717) is 6.01 Å². The standard InChI is InChI=1S/C24H28N4O3/c29-23(30-19-9-7-14-27(17-19)16-18-8-3-5-13-25-18)21-11-4-6-15-28(21)24-26-20-10-1-2-12-22(20)31-24/h1-3,5,8,10,12-13,19,21H,4,6-7,9,11,14-17H2/t19-,21-/m0/s1. The Balaban J connectivity index is 1.25. The molecule has 2 atom stereocenters. The summed E-state index contributed by atoms with van der Waals surface area (Å²) in [6, 6.07) is 13.9. The van der Waals surface area contributed by atoms with Gasteiger partial charge in [-0.05, 0) is 62.9 Å². The van der Waals surface area contributed by atoms with Crippen LogP contribution in [0, 0.1) is 0 Å². The van der Waals surface area contributed by atoms with Gasteiger partial charge in [0.1, 0.15) is 17.7 Å². The molecule has 3 aromatic rings. The monoisotopic (exact) mass is 420 g/mol. The van der Waals surface area contributed by atoms with Gasteiger partial charge in [-0.1, -0.05) is 18.2 Å². The molecule has 7 nitrogen and oxygen atoms in total. The molecule has 5 rings (SSSR count). The van der Waals surface area contributed by atoms with Crippen LogP contribution in [0.3, 0.4) is 0 Å². The van der Waals surface area contributed by atoms with Crippen LogP contribution in [0.2, 0.25) is 0 Å². The zero-order chi connectivity index (χ0) is 21.0. The molecule has 0 amide bonds. The Kier molecular flexibility index (Phi) is 5.84. The normalized spacial score (nSPS) is 22.5. The Morgan fingerprint density at radius 3 is 2.84 bits per heavy atom. The van der Waals surface area contributed by atoms with Crippen LogP contribution in [-0.2, 0) is 16.1 Å². The Morgan fingerprint density at radius 2 is 1.97 bits per heavy atom. The number of anilines is 1. The highest BCUT2D eigenvalue weighted by atomic mass is 16.5. The smallest absolute Gasteiger partial charge is 0.329 e. The van der Waals surface area contributed by atoms with Crippen molar-refractivity contribution < 1.29 is 13.9 Å². The van der Waals surface area contributed by atoms with Crippen LogP contribution in [0.25, 0.3) is 11.1 Å². The molecule has 2 aromatic heterocycles. The fourth-order valence-corrected chi connectivity index (χ4v) is 4.60. The topological polar surface area (TPSA) is 71.7 Å². The maximum atomic E-state index is 13.2. The molecule has 31 heavy (non-hydrogen) atoms. The molecule has 2 aliphatic heterocycles. The molecule has 2 saturated heterocycles. The maximum absolute atomic E-state index is 13.2. The van der Waals surface area contributed by atoms with Crippen LogP contribution in [0.5, 0.6) is 0 Å². The zero-order valence-electron chi connectivity index (χ0n) is 17.7. The van der Waals surface area contributed by atoms with Crippen molar-refractivity contribution in [3.05, 3.63) is 54.4 Å². The summed E-state index contributed by atoms with van der Waals surface area (Å²) >= 11 is 0. The third-order valence-electron chi connectivity index (χ3n) is 6.16. The number of piperidine rings is 2. The third-order valence-corrected chi connectivity index (χ3v) is 6.16. The number of benzene rings is 1. The van der Waals surface area contributed by atoms with E-state index in [1.54, 1.807) is 0 Å². The van der Waals surface area contributed by atoms with Crippen LogP contribution >= 0.6 is 0 Å². The number of aromatic nitrogens is 2. The summed E-state index contributed by atoms with van der Waals surface area (Å²) in [7, 11) is 0. The molecule has 0 aliphatic carbocycles. The number of hydrogen-bond donors (Lipinski definition) is 0. The molecule has 0 N–H and O–H groups in total. The molecule has 0 spiro atoms. The van der Waals surface area contributed by atoms with Gasteiger partial charge in [0.05, 0.1) is 5.69 Å². The van der Waals surface area contributed by atoms with Crippen LogP contribution in [-0.4, -0.2) is 52.6 Å².